The Morgan fingerprint density at radius 2 is 1.90 bits per heavy atom. The summed E-state index contributed by atoms with van der Waals surface area (Å²) in [4.78, 5) is 3.52. The minimum atomic E-state index is 1.04. The molecule has 1 fully saturated rings. The van der Waals surface area contributed by atoms with Crippen LogP contribution >= 0.6 is 0 Å². The molecule has 0 saturated heterocycles. The normalized spacial score (nSPS) is 14.7. The molecule has 0 unspecified atom stereocenters. The van der Waals surface area contributed by atoms with Gasteiger partial charge in [0.1, 0.15) is 0 Å². The lowest BCUT2D eigenvalue weighted by Gasteiger charge is -1.79. The summed E-state index contributed by atoms with van der Waals surface area (Å²) in [5.74, 6) is 0. The van der Waals surface area contributed by atoms with Crippen molar-refractivity contribution in [1.29, 1.82) is 0 Å². The molecule has 0 aromatic rings. The Morgan fingerprint density at radius 3 is 2.00 bits per heavy atom. The van der Waals surface area contributed by atoms with Gasteiger partial charge in [-0.1, -0.05) is 31.9 Å². The highest BCUT2D eigenvalue weighted by atomic mass is 14.6. The van der Waals surface area contributed by atoms with Gasteiger partial charge in [0.05, 0.1) is 0 Å². The van der Waals surface area contributed by atoms with Crippen LogP contribution in [0.3, 0.4) is 0 Å². The van der Waals surface area contributed by atoms with Gasteiger partial charge in [-0.3, -0.25) is 4.99 Å². The fourth-order valence-electron chi connectivity index (χ4n) is 0.197. The van der Waals surface area contributed by atoms with Crippen LogP contribution in [-0.2, 0) is 0 Å². The van der Waals surface area contributed by atoms with Gasteiger partial charge in [-0.25, -0.2) is 0 Å². The minimum Gasteiger partial charge on any atom is -0.272 e. The monoisotopic (exact) mass is 137 g/mol. The summed E-state index contributed by atoms with van der Waals surface area (Å²) in [5, 5.41) is 0. The third-order valence-electron chi connectivity index (χ3n) is 0.970. The summed E-state index contributed by atoms with van der Waals surface area (Å²) < 4.78 is 0. The Kier molecular flexibility index (Phi) is 5.74. The van der Waals surface area contributed by atoms with Crippen molar-refractivity contribution in [2.24, 2.45) is 4.99 Å². The van der Waals surface area contributed by atoms with Crippen molar-refractivity contribution in [3.8, 4) is 0 Å². The first-order valence-corrected chi connectivity index (χ1v) is 3.56. The first-order chi connectivity index (χ1) is 4.81. The Bertz CT molecular complexity index is 129. The Morgan fingerprint density at radius 1 is 1.40 bits per heavy atom. The fourth-order valence-corrected chi connectivity index (χ4v) is 0.197. The summed E-state index contributed by atoms with van der Waals surface area (Å²) in [5.41, 5.74) is 1.04. The van der Waals surface area contributed by atoms with E-state index in [1.807, 2.05) is 6.92 Å². The second kappa shape index (κ2) is 6.27. The molecule has 1 heteroatoms. The highest BCUT2D eigenvalue weighted by Crippen LogP contribution is 2.14. The molecule has 0 radical (unpaired) electrons. The van der Waals surface area contributed by atoms with Crippen molar-refractivity contribution in [3.63, 3.8) is 0 Å². The molecule has 56 valence electrons. The van der Waals surface area contributed by atoms with Gasteiger partial charge in [0, 0.05) is 6.20 Å². The van der Waals surface area contributed by atoms with E-state index in [0.717, 1.165) is 5.57 Å². The van der Waals surface area contributed by atoms with E-state index in [1.165, 1.54) is 19.3 Å². The molecule has 0 aromatic heterocycles. The molecule has 0 amide bonds. The van der Waals surface area contributed by atoms with Crippen molar-refractivity contribution in [1.82, 2.24) is 0 Å². The molecule has 0 heterocycles. The number of allylic oxidation sites excluding steroid dienone is 2. The summed E-state index contributed by atoms with van der Waals surface area (Å²) in [7, 11) is 0. The zero-order valence-corrected chi connectivity index (χ0v) is 6.64. The van der Waals surface area contributed by atoms with E-state index in [1.54, 1.807) is 12.3 Å². The van der Waals surface area contributed by atoms with Crippen LogP contribution in [0.2, 0.25) is 0 Å². The highest BCUT2D eigenvalue weighted by Gasteiger charge is 1.95. The van der Waals surface area contributed by atoms with Crippen molar-refractivity contribution in [3.05, 3.63) is 24.4 Å². The van der Waals surface area contributed by atoms with Gasteiger partial charge in [0.15, 0.2) is 0 Å². The first-order valence-electron chi connectivity index (χ1n) is 3.56. The molecule has 0 N–H and O–H groups in total. The first kappa shape index (κ1) is 9.15. The molecule has 0 aliphatic heterocycles. The number of nitrogens with zero attached hydrogens (tertiary/aromatic N) is 1. The van der Waals surface area contributed by atoms with E-state index < -0.39 is 0 Å². The molecule has 1 aliphatic rings. The van der Waals surface area contributed by atoms with E-state index in [-0.39, 0.29) is 0 Å². The average molecular weight is 137 g/mol. The fraction of sp³-hybridized carbons (Fsp3) is 0.444. The summed E-state index contributed by atoms with van der Waals surface area (Å²) in [6.45, 7) is 8.72. The predicted octanol–water partition coefficient (Wildman–Crippen LogP) is 2.95. The molecule has 1 aliphatic carbocycles. The van der Waals surface area contributed by atoms with Gasteiger partial charge in [-0.15, -0.1) is 0 Å². The van der Waals surface area contributed by atoms with E-state index in [9.17, 15) is 0 Å². The second-order valence-electron chi connectivity index (χ2n) is 2.32. The van der Waals surface area contributed by atoms with Crippen LogP contribution in [0.15, 0.2) is 29.4 Å². The number of aliphatic imine (C=N–C) groups is 1. The third-order valence-corrected chi connectivity index (χ3v) is 0.970. The van der Waals surface area contributed by atoms with Crippen LogP contribution in [0, 0.1) is 0 Å². The Labute approximate surface area is 63.2 Å². The molecule has 1 rings (SSSR count). The molecular weight excluding hydrogens is 122 g/mol. The van der Waals surface area contributed by atoms with E-state index in [0.29, 0.717) is 0 Å². The van der Waals surface area contributed by atoms with Crippen molar-refractivity contribution >= 4 is 6.72 Å². The predicted molar refractivity (Wildman–Crippen MR) is 47.4 cm³/mol. The summed E-state index contributed by atoms with van der Waals surface area (Å²) in [6.07, 6.45) is 7.89. The largest absolute Gasteiger partial charge is 0.272 e. The molecule has 1 saturated carbocycles. The van der Waals surface area contributed by atoms with Crippen LogP contribution in [0.25, 0.3) is 0 Å². The molecule has 0 atom stereocenters. The molecule has 0 bridgehead atoms. The molecular formula is C9H15N. The summed E-state index contributed by atoms with van der Waals surface area (Å²) >= 11 is 0. The summed E-state index contributed by atoms with van der Waals surface area (Å²) in [6, 6.07) is 0. The van der Waals surface area contributed by atoms with Crippen LogP contribution in [0.5, 0.6) is 0 Å². The number of hydrogen-bond acceptors (Lipinski definition) is 1. The quantitative estimate of drug-likeness (QED) is 0.410. The molecule has 1 nitrogen and oxygen atoms in total. The SMILES string of the molecule is C1CC1.C=C/C(C)=C\N=C. The smallest absolute Gasteiger partial charge is 0.0289 e. The number of rotatable bonds is 2. The van der Waals surface area contributed by atoms with Crippen LogP contribution < -0.4 is 0 Å². The van der Waals surface area contributed by atoms with Crippen LogP contribution in [-0.4, -0.2) is 6.72 Å². The van der Waals surface area contributed by atoms with Crippen molar-refractivity contribution < 1.29 is 0 Å². The van der Waals surface area contributed by atoms with E-state index in [4.69, 9.17) is 0 Å². The lowest BCUT2D eigenvalue weighted by Crippen LogP contribution is -1.59. The maximum Gasteiger partial charge on any atom is 0.0289 e. The van der Waals surface area contributed by atoms with Crippen molar-refractivity contribution in [2.45, 2.75) is 26.2 Å². The number of hydrogen-bond donors (Lipinski definition) is 0. The van der Waals surface area contributed by atoms with Gasteiger partial charge in [0.2, 0.25) is 0 Å². The Hall–Kier alpha value is -0.850. The lowest BCUT2D eigenvalue weighted by atomic mass is 10.3. The molecule has 0 aromatic carbocycles. The maximum absolute atomic E-state index is 3.52. The molecule has 0 spiro atoms. The average Bonchev–Trinajstić information content (AvgIpc) is 2.73. The van der Waals surface area contributed by atoms with Crippen LogP contribution in [0.1, 0.15) is 26.2 Å². The van der Waals surface area contributed by atoms with E-state index in [2.05, 4.69) is 18.3 Å². The maximum atomic E-state index is 3.52. The highest BCUT2D eigenvalue weighted by molar-refractivity contribution is 5.27. The molecule has 10 heavy (non-hydrogen) atoms. The van der Waals surface area contributed by atoms with Gasteiger partial charge in [0.25, 0.3) is 0 Å². The van der Waals surface area contributed by atoms with E-state index >= 15 is 0 Å². The topological polar surface area (TPSA) is 12.4 Å². The van der Waals surface area contributed by atoms with Gasteiger partial charge >= 0.3 is 0 Å². The van der Waals surface area contributed by atoms with Gasteiger partial charge in [-0.05, 0) is 19.2 Å². The Balaban J connectivity index is 0.000000219. The zero-order chi connectivity index (χ0) is 7.82. The van der Waals surface area contributed by atoms with Crippen molar-refractivity contribution in [2.75, 3.05) is 0 Å². The van der Waals surface area contributed by atoms with Gasteiger partial charge < -0.3 is 0 Å². The van der Waals surface area contributed by atoms with Crippen LogP contribution in [0.4, 0.5) is 0 Å². The minimum absolute atomic E-state index is 1.04. The third kappa shape index (κ3) is 10.2. The van der Waals surface area contributed by atoms with Gasteiger partial charge in [-0.2, -0.15) is 0 Å². The lowest BCUT2D eigenvalue weighted by molar-refractivity contribution is 1.45. The standard InChI is InChI=1S/C6H9N.C3H6/c1-4-6(2)5-7-3;1-2-3-1/h4-5H,1,3H2,2H3;1-3H2/b6-5-;. The zero-order valence-electron chi connectivity index (χ0n) is 6.64. The second-order valence-corrected chi connectivity index (χ2v) is 2.32.